The Morgan fingerprint density at radius 1 is 0.913 bits per heavy atom. The van der Waals surface area contributed by atoms with E-state index < -0.39 is 0 Å². The summed E-state index contributed by atoms with van der Waals surface area (Å²) in [6, 6.07) is 8.96. The molecule has 0 amide bonds. The second kappa shape index (κ2) is 12.7. The zero-order valence-electron chi connectivity index (χ0n) is 15.2. The molecule has 3 rings (SSSR count). The number of benzene rings is 1. The lowest BCUT2D eigenvalue weighted by atomic mass is 9.90. The number of aliphatic hydroxyl groups is 1. The van der Waals surface area contributed by atoms with Gasteiger partial charge in [-0.1, -0.05) is 33.1 Å². The van der Waals surface area contributed by atoms with Gasteiger partial charge < -0.3 is 9.84 Å². The molecule has 132 valence electrons. The average molecular weight is 340 g/mol. The van der Waals surface area contributed by atoms with Crippen molar-refractivity contribution in [2.24, 2.45) is 5.92 Å². The Morgan fingerprint density at radius 3 is 2.04 bits per heavy atom. The monoisotopic (exact) mass is 339 g/mol. The zero-order chi connectivity index (χ0) is 16.9. The van der Waals surface area contributed by atoms with Gasteiger partial charge in [0.1, 0.15) is 17.3 Å². The maximum Gasteiger partial charge on any atom is 0.155 e. The molecule has 2 nitrogen and oxygen atoms in total. The van der Waals surface area contributed by atoms with Crippen LogP contribution >= 0.6 is 0 Å². The second-order valence-electron chi connectivity index (χ2n) is 5.89. The van der Waals surface area contributed by atoms with Crippen LogP contribution in [0.2, 0.25) is 0 Å². The number of rotatable bonds is 4. The first-order valence-corrected chi connectivity index (χ1v) is 10.8. The Labute approximate surface area is 146 Å². The summed E-state index contributed by atoms with van der Waals surface area (Å²) < 4.78 is 5.97. The maximum atomic E-state index is 7.00. The van der Waals surface area contributed by atoms with Gasteiger partial charge in [0.15, 0.2) is 4.90 Å². The molecule has 1 N–H and O–H groups in total. The lowest BCUT2D eigenvalue weighted by Gasteiger charge is -2.21. The van der Waals surface area contributed by atoms with E-state index in [-0.39, 0.29) is 0 Å². The first-order chi connectivity index (χ1) is 11.4. The fraction of sp³-hybridized carbons (Fsp3) is 0.700. The molecule has 1 aromatic rings. The molecule has 23 heavy (non-hydrogen) atoms. The van der Waals surface area contributed by atoms with Crippen molar-refractivity contribution in [3.05, 3.63) is 24.3 Å². The third-order valence-corrected chi connectivity index (χ3v) is 6.90. The largest absolute Gasteiger partial charge is 0.493 e. The van der Waals surface area contributed by atoms with Crippen molar-refractivity contribution in [3.8, 4) is 5.75 Å². The molecule has 1 aliphatic heterocycles. The van der Waals surface area contributed by atoms with E-state index in [1.807, 2.05) is 13.8 Å². The SMILES string of the molecule is CC.CO.c1cc([S+]2CCCC2)ccc1OCC1CCCCC1. The molecule has 1 saturated heterocycles. The van der Waals surface area contributed by atoms with Crippen molar-refractivity contribution in [1.82, 2.24) is 0 Å². The van der Waals surface area contributed by atoms with Gasteiger partial charge in [0.05, 0.1) is 6.61 Å². The van der Waals surface area contributed by atoms with Crippen molar-refractivity contribution in [2.45, 2.75) is 63.7 Å². The minimum atomic E-state index is 0.537. The predicted molar refractivity (Wildman–Crippen MR) is 103 cm³/mol. The Kier molecular flexibility index (Phi) is 11.3. The van der Waals surface area contributed by atoms with Gasteiger partial charge in [0.2, 0.25) is 0 Å². The first kappa shape index (κ1) is 20.4. The highest BCUT2D eigenvalue weighted by Crippen LogP contribution is 2.27. The van der Waals surface area contributed by atoms with Gasteiger partial charge in [-0.3, -0.25) is 0 Å². The molecular weight excluding hydrogens is 304 g/mol. The van der Waals surface area contributed by atoms with E-state index in [9.17, 15) is 0 Å². The molecule has 0 atom stereocenters. The van der Waals surface area contributed by atoms with Gasteiger partial charge in [0, 0.05) is 18.0 Å². The Balaban J connectivity index is 0.000000615. The Hall–Kier alpha value is -0.670. The summed E-state index contributed by atoms with van der Waals surface area (Å²) in [7, 11) is 1.54. The molecular formula is C20H35O2S+. The van der Waals surface area contributed by atoms with Gasteiger partial charge in [0.25, 0.3) is 0 Å². The summed E-state index contributed by atoms with van der Waals surface area (Å²) in [5.74, 6) is 4.67. The first-order valence-electron chi connectivity index (χ1n) is 9.27. The van der Waals surface area contributed by atoms with E-state index >= 15 is 0 Å². The zero-order valence-corrected chi connectivity index (χ0v) is 16.0. The third kappa shape index (κ3) is 7.17. The van der Waals surface area contributed by atoms with Gasteiger partial charge >= 0.3 is 0 Å². The van der Waals surface area contributed by atoms with Crippen molar-refractivity contribution in [1.29, 1.82) is 0 Å². The average Bonchev–Trinajstić information content (AvgIpc) is 3.19. The van der Waals surface area contributed by atoms with Gasteiger partial charge in [-0.2, -0.15) is 0 Å². The van der Waals surface area contributed by atoms with Crippen LogP contribution in [0.1, 0.15) is 58.8 Å². The highest BCUT2D eigenvalue weighted by atomic mass is 32.2. The third-order valence-electron chi connectivity index (χ3n) is 4.40. The second-order valence-corrected chi connectivity index (χ2v) is 8.17. The van der Waals surface area contributed by atoms with Crippen LogP contribution in [0.5, 0.6) is 5.75 Å². The normalized spacial score (nSPS) is 18.4. The van der Waals surface area contributed by atoms with Crippen LogP contribution in [0.25, 0.3) is 0 Å². The van der Waals surface area contributed by atoms with Crippen LogP contribution in [0, 0.1) is 5.92 Å². The summed E-state index contributed by atoms with van der Waals surface area (Å²) in [5, 5.41) is 7.00. The molecule has 2 aliphatic rings. The summed E-state index contributed by atoms with van der Waals surface area (Å²) in [5.41, 5.74) is 0. The molecule has 1 saturated carbocycles. The van der Waals surface area contributed by atoms with Gasteiger partial charge in [-0.05, 0) is 55.9 Å². The van der Waals surface area contributed by atoms with Crippen molar-refractivity contribution in [2.75, 3.05) is 25.2 Å². The maximum absolute atomic E-state index is 7.00. The molecule has 1 aromatic carbocycles. The molecule has 3 heteroatoms. The molecule has 0 bridgehead atoms. The predicted octanol–water partition coefficient (Wildman–Crippen LogP) is 5.05. The molecule has 0 spiro atoms. The molecule has 1 heterocycles. The minimum absolute atomic E-state index is 0.537. The summed E-state index contributed by atoms with van der Waals surface area (Å²) in [6.07, 6.45) is 9.79. The fourth-order valence-corrected chi connectivity index (χ4v) is 5.49. The molecule has 0 unspecified atom stereocenters. The summed E-state index contributed by atoms with van der Waals surface area (Å²) in [4.78, 5) is 1.54. The lowest BCUT2D eigenvalue weighted by molar-refractivity contribution is 0.209. The fourth-order valence-electron chi connectivity index (χ4n) is 3.19. The van der Waals surface area contributed by atoms with Crippen LogP contribution in [-0.4, -0.2) is 30.3 Å². The van der Waals surface area contributed by atoms with E-state index in [0.29, 0.717) is 10.9 Å². The minimum Gasteiger partial charge on any atom is -0.493 e. The topological polar surface area (TPSA) is 29.5 Å². The van der Waals surface area contributed by atoms with E-state index in [4.69, 9.17) is 9.84 Å². The number of ether oxygens (including phenoxy) is 1. The Morgan fingerprint density at radius 2 is 1.48 bits per heavy atom. The quantitative estimate of drug-likeness (QED) is 0.778. The summed E-state index contributed by atoms with van der Waals surface area (Å²) >= 11 is 0. The highest BCUT2D eigenvalue weighted by molar-refractivity contribution is 7.97. The number of hydrogen-bond acceptors (Lipinski definition) is 2. The van der Waals surface area contributed by atoms with Gasteiger partial charge in [-0.15, -0.1) is 0 Å². The Bertz CT molecular complexity index is 379. The molecule has 0 radical (unpaired) electrons. The van der Waals surface area contributed by atoms with Gasteiger partial charge in [-0.25, -0.2) is 0 Å². The summed E-state index contributed by atoms with van der Waals surface area (Å²) in [6.45, 7) is 4.92. The molecule has 1 aliphatic carbocycles. The van der Waals surface area contributed by atoms with Crippen LogP contribution in [0.3, 0.4) is 0 Å². The molecule has 2 fully saturated rings. The number of hydrogen-bond donors (Lipinski definition) is 1. The number of aliphatic hydroxyl groups excluding tert-OH is 1. The van der Waals surface area contributed by atoms with Crippen LogP contribution in [-0.2, 0) is 10.9 Å². The van der Waals surface area contributed by atoms with Crippen LogP contribution < -0.4 is 4.74 Å². The van der Waals surface area contributed by atoms with E-state index in [1.165, 1.54) is 56.5 Å². The smallest absolute Gasteiger partial charge is 0.155 e. The van der Waals surface area contributed by atoms with Crippen molar-refractivity contribution < 1.29 is 9.84 Å². The van der Waals surface area contributed by atoms with E-state index in [2.05, 4.69) is 24.3 Å². The van der Waals surface area contributed by atoms with Crippen LogP contribution in [0.15, 0.2) is 29.2 Å². The van der Waals surface area contributed by atoms with E-state index in [1.54, 1.807) is 4.90 Å². The highest BCUT2D eigenvalue weighted by Gasteiger charge is 2.26. The van der Waals surface area contributed by atoms with Crippen molar-refractivity contribution >= 4 is 10.9 Å². The van der Waals surface area contributed by atoms with Crippen molar-refractivity contribution in [3.63, 3.8) is 0 Å². The standard InChI is InChI=1S/C17H25OS.C2H6.CH4O/c1-2-6-15(7-3-1)14-18-16-8-10-17(11-9-16)19-12-4-5-13-19;2*1-2/h8-11,15H,1-7,12-14H2;1-2H3;2H,1H3/q+1;;. The van der Waals surface area contributed by atoms with Crippen LogP contribution in [0.4, 0.5) is 0 Å². The van der Waals surface area contributed by atoms with E-state index in [0.717, 1.165) is 25.4 Å². The molecule has 0 aromatic heterocycles. The lowest BCUT2D eigenvalue weighted by Crippen LogP contribution is -2.15.